The SMILES string of the molecule is C/C=C/CNCc1ccc(OC)nc1. The van der Waals surface area contributed by atoms with Crippen LogP contribution in [-0.4, -0.2) is 18.6 Å². The van der Waals surface area contributed by atoms with Crippen LogP contribution in [0.4, 0.5) is 0 Å². The second kappa shape index (κ2) is 6.16. The van der Waals surface area contributed by atoms with Gasteiger partial charge in [0, 0.05) is 25.4 Å². The molecule has 14 heavy (non-hydrogen) atoms. The van der Waals surface area contributed by atoms with Gasteiger partial charge in [0.05, 0.1) is 7.11 Å². The molecule has 1 heterocycles. The molecule has 1 rings (SSSR count). The van der Waals surface area contributed by atoms with Crippen molar-refractivity contribution in [3.05, 3.63) is 36.0 Å². The highest BCUT2D eigenvalue weighted by molar-refractivity contribution is 5.17. The number of hydrogen-bond donors (Lipinski definition) is 1. The normalized spacial score (nSPS) is 10.7. The molecule has 0 saturated carbocycles. The lowest BCUT2D eigenvalue weighted by molar-refractivity contribution is 0.397. The highest BCUT2D eigenvalue weighted by Crippen LogP contribution is 2.05. The van der Waals surface area contributed by atoms with E-state index in [0.717, 1.165) is 18.7 Å². The molecule has 0 saturated heterocycles. The van der Waals surface area contributed by atoms with E-state index in [1.807, 2.05) is 31.3 Å². The fourth-order valence-electron chi connectivity index (χ4n) is 1.05. The van der Waals surface area contributed by atoms with Crippen molar-refractivity contribution in [3.8, 4) is 5.88 Å². The first-order valence-corrected chi connectivity index (χ1v) is 4.67. The van der Waals surface area contributed by atoms with Crippen molar-refractivity contribution in [2.75, 3.05) is 13.7 Å². The molecule has 0 aliphatic heterocycles. The first-order valence-electron chi connectivity index (χ1n) is 4.67. The van der Waals surface area contributed by atoms with E-state index < -0.39 is 0 Å². The monoisotopic (exact) mass is 192 g/mol. The molecule has 0 unspecified atom stereocenters. The highest BCUT2D eigenvalue weighted by atomic mass is 16.5. The number of pyridine rings is 1. The van der Waals surface area contributed by atoms with Crippen LogP contribution in [0.5, 0.6) is 5.88 Å². The van der Waals surface area contributed by atoms with Gasteiger partial charge < -0.3 is 10.1 Å². The summed E-state index contributed by atoms with van der Waals surface area (Å²) in [5.74, 6) is 0.655. The third-order valence-electron chi connectivity index (χ3n) is 1.83. The van der Waals surface area contributed by atoms with E-state index in [4.69, 9.17) is 4.74 Å². The third-order valence-corrected chi connectivity index (χ3v) is 1.83. The van der Waals surface area contributed by atoms with Gasteiger partial charge in [0.25, 0.3) is 0 Å². The standard InChI is InChI=1S/C11H16N2O/c1-3-4-7-12-8-10-5-6-11(14-2)13-9-10/h3-6,9,12H,7-8H2,1-2H3/b4-3+. The predicted octanol–water partition coefficient (Wildman–Crippen LogP) is 1.76. The lowest BCUT2D eigenvalue weighted by atomic mass is 10.3. The minimum atomic E-state index is 0.655. The third kappa shape index (κ3) is 3.58. The Kier molecular flexibility index (Phi) is 4.72. The Balaban J connectivity index is 2.36. The minimum absolute atomic E-state index is 0.655. The molecule has 76 valence electrons. The zero-order chi connectivity index (χ0) is 10.2. The fourth-order valence-corrected chi connectivity index (χ4v) is 1.05. The van der Waals surface area contributed by atoms with Crippen LogP contribution in [0.15, 0.2) is 30.5 Å². The molecule has 0 bridgehead atoms. The zero-order valence-corrected chi connectivity index (χ0v) is 8.66. The van der Waals surface area contributed by atoms with Crippen LogP contribution < -0.4 is 10.1 Å². The maximum atomic E-state index is 4.97. The highest BCUT2D eigenvalue weighted by Gasteiger charge is 1.93. The molecule has 1 aromatic heterocycles. The van der Waals surface area contributed by atoms with E-state index in [1.165, 1.54) is 0 Å². The number of ether oxygens (including phenoxy) is 1. The van der Waals surface area contributed by atoms with E-state index in [9.17, 15) is 0 Å². The van der Waals surface area contributed by atoms with Crippen LogP contribution >= 0.6 is 0 Å². The molecule has 0 radical (unpaired) electrons. The van der Waals surface area contributed by atoms with E-state index >= 15 is 0 Å². The fraction of sp³-hybridized carbons (Fsp3) is 0.364. The van der Waals surface area contributed by atoms with Gasteiger partial charge in [-0.05, 0) is 12.5 Å². The van der Waals surface area contributed by atoms with Gasteiger partial charge in [-0.3, -0.25) is 0 Å². The number of nitrogens with one attached hydrogen (secondary N) is 1. The van der Waals surface area contributed by atoms with Gasteiger partial charge in [-0.1, -0.05) is 18.2 Å². The average molecular weight is 192 g/mol. The maximum Gasteiger partial charge on any atom is 0.212 e. The van der Waals surface area contributed by atoms with E-state index in [2.05, 4.69) is 16.4 Å². The topological polar surface area (TPSA) is 34.1 Å². The Morgan fingerprint density at radius 3 is 2.93 bits per heavy atom. The second-order valence-electron chi connectivity index (χ2n) is 2.91. The van der Waals surface area contributed by atoms with Crippen molar-refractivity contribution in [1.82, 2.24) is 10.3 Å². The van der Waals surface area contributed by atoms with Gasteiger partial charge >= 0.3 is 0 Å². The molecule has 0 fully saturated rings. The van der Waals surface area contributed by atoms with Gasteiger partial charge in [0.15, 0.2) is 0 Å². The summed E-state index contributed by atoms with van der Waals surface area (Å²) in [5, 5.41) is 3.27. The Bertz CT molecular complexity index is 280. The summed E-state index contributed by atoms with van der Waals surface area (Å²) in [7, 11) is 1.62. The van der Waals surface area contributed by atoms with E-state index in [-0.39, 0.29) is 0 Å². The molecule has 3 heteroatoms. The number of hydrogen-bond acceptors (Lipinski definition) is 3. The van der Waals surface area contributed by atoms with Gasteiger partial charge in [-0.25, -0.2) is 4.98 Å². The van der Waals surface area contributed by atoms with Crippen LogP contribution in [0.1, 0.15) is 12.5 Å². The van der Waals surface area contributed by atoms with Crippen LogP contribution in [-0.2, 0) is 6.54 Å². The van der Waals surface area contributed by atoms with E-state index in [1.54, 1.807) is 7.11 Å². The molecular weight excluding hydrogens is 176 g/mol. The molecule has 1 aromatic rings. The summed E-state index contributed by atoms with van der Waals surface area (Å²) in [6.07, 6.45) is 5.93. The van der Waals surface area contributed by atoms with Crippen LogP contribution in [0.2, 0.25) is 0 Å². The number of nitrogens with zero attached hydrogens (tertiary/aromatic N) is 1. The first kappa shape index (κ1) is 10.7. The van der Waals surface area contributed by atoms with Gasteiger partial charge in [0.1, 0.15) is 0 Å². The molecule has 0 atom stereocenters. The van der Waals surface area contributed by atoms with Crippen LogP contribution in [0.25, 0.3) is 0 Å². The molecule has 1 N–H and O–H groups in total. The Morgan fingerprint density at radius 1 is 1.50 bits per heavy atom. The summed E-state index contributed by atoms with van der Waals surface area (Å²) in [5.41, 5.74) is 1.16. The quantitative estimate of drug-likeness (QED) is 0.570. The number of methoxy groups -OCH3 is 1. The molecular formula is C11H16N2O. The van der Waals surface area contributed by atoms with Gasteiger partial charge in [-0.15, -0.1) is 0 Å². The number of rotatable bonds is 5. The zero-order valence-electron chi connectivity index (χ0n) is 8.66. The van der Waals surface area contributed by atoms with Crippen LogP contribution in [0.3, 0.4) is 0 Å². The lowest BCUT2D eigenvalue weighted by Crippen LogP contribution is -2.12. The largest absolute Gasteiger partial charge is 0.481 e. The number of aromatic nitrogens is 1. The Labute approximate surface area is 84.8 Å². The summed E-state index contributed by atoms with van der Waals surface area (Å²) in [6.45, 7) is 3.74. The van der Waals surface area contributed by atoms with Gasteiger partial charge in [-0.2, -0.15) is 0 Å². The molecule has 3 nitrogen and oxygen atoms in total. The summed E-state index contributed by atoms with van der Waals surface area (Å²) in [6, 6.07) is 3.88. The first-order chi connectivity index (χ1) is 6.86. The van der Waals surface area contributed by atoms with E-state index in [0.29, 0.717) is 5.88 Å². The Hall–Kier alpha value is -1.35. The summed E-state index contributed by atoms with van der Waals surface area (Å²) < 4.78 is 4.97. The molecule has 0 aromatic carbocycles. The molecule has 0 spiro atoms. The average Bonchev–Trinajstić information content (AvgIpc) is 2.25. The Morgan fingerprint density at radius 2 is 2.36 bits per heavy atom. The lowest BCUT2D eigenvalue weighted by Gasteiger charge is -2.02. The van der Waals surface area contributed by atoms with Crippen molar-refractivity contribution >= 4 is 0 Å². The predicted molar refractivity (Wildman–Crippen MR) is 57.3 cm³/mol. The van der Waals surface area contributed by atoms with Crippen molar-refractivity contribution in [2.24, 2.45) is 0 Å². The maximum absolute atomic E-state index is 4.97. The van der Waals surface area contributed by atoms with Gasteiger partial charge in [0.2, 0.25) is 5.88 Å². The molecule has 0 amide bonds. The summed E-state index contributed by atoms with van der Waals surface area (Å²) >= 11 is 0. The van der Waals surface area contributed by atoms with Crippen molar-refractivity contribution < 1.29 is 4.74 Å². The van der Waals surface area contributed by atoms with Crippen LogP contribution in [0, 0.1) is 0 Å². The van der Waals surface area contributed by atoms with Crippen molar-refractivity contribution in [3.63, 3.8) is 0 Å². The second-order valence-corrected chi connectivity index (χ2v) is 2.91. The smallest absolute Gasteiger partial charge is 0.212 e. The summed E-state index contributed by atoms with van der Waals surface area (Å²) in [4.78, 5) is 4.12. The number of allylic oxidation sites excluding steroid dienone is 1. The van der Waals surface area contributed by atoms with Crippen molar-refractivity contribution in [2.45, 2.75) is 13.5 Å². The minimum Gasteiger partial charge on any atom is -0.481 e. The molecule has 0 aliphatic carbocycles. The van der Waals surface area contributed by atoms with Crippen molar-refractivity contribution in [1.29, 1.82) is 0 Å². The molecule has 0 aliphatic rings.